The Balaban J connectivity index is 0. The minimum absolute atomic E-state index is 0. The molecule has 0 spiro atoms. The van der Waals surface area contributed by atoms with Crippen LogP contribution in [-0.2, 0) is 9.59 Å². The molecule has 0 fully saturated rings. The maximum Gasteiger partial charge on any atom is 1.00 e. The van der Waals surface area contributed by atoms with Crippen LogP contribution in [0.2, 0.25) is 0 Å². The summed E-state index contributed by atoms with van der Waals surface area (Å²) in [7, 11) is 0. The predicted molar refractivity (Wildman–Crippen MR) is 35.7 cm³/mol. The van der Waals surface area contributed by atoms with Crippen LogP contribution in [0.4, 0.5) is 0 Å². The number of carboxylic acid groups (broad SMARTS) is 2. The van der Waals surface area contributed by atoms with Gasteiger partial charge in [-0.3, -0.25) is 4.79 Å². The van der Waals surface area contributed by atoms with Crippen molar-refractivity contribution in [2.75, 3.05) is 0 Å². The van der Waals surface area contributed by atoms with E-state index in [-0.39, 0.29) is 64.2 Å². The molecule has 0 rings (SSSR count). The Bertz CT molecular complexity index is 158. The van der Waals surface area contributed by atoms with Gasteiger partial charge < -0.3 is 15.0 Å². The van der Waals surface area contributed by atoms with Gasteiger partial charge in [0.2, 0.25) is 0 Å². The molecule has 0 aromatic rings. The second-order valence-electron chi connectivity index (χ2n) is 2.38. The molecule has 12 heavy (non-hydrogen) atoms. The Morgan fingerprint density at radius 2 is 1.67 bits per heavy atom. The van der Waals surface area contributed by atoms with Crippen molar-refractivity contribution in [1.82, 2.24) is 0 Å². The van der Waals surface area contributed by atoms with Gasteiger partial charge in [-0.2, -0.15) is 0 Å². The molecule has 0 saturated heterocycles. The van der Waals surface area contributed by atoms with E-state index in [1.54, 1.807) is 0 Å². The minimum atomic E-state index is -1.69. The fourth-order valence-corrected chi connectivity index (χ4v) is 0.928. The van der Waals surface area contributed by atoms with Gasteiger partial charge in [0, 0.05) is 0 Å². The van der Waals surface area contributed by atoms with Crippen molar-refractivity contribution in [2.24, 2.45) is 5.41 Å². The van der Waals surface area contributed by atoms with Crippen LogP contribution in [0.3, 0.4) is 0 Å². The third kappa shape index (κ3) is 2.81. The Kier molecular flexibility index (Phi) is 7.65. The van der Waals surface area contributed by atoms with E-state index in [0.29, 0.717) is 0 Å². The first-order chi connectivity index (χ1) is 5.01. The summed E-state index contributed by atoms with van der Waals surface area (Å²) in [6.45, 7) is 3.04. The zero-order valence-electron chi connectivity index (χ0n) is 7.59. The molecule has 5 heteroatoms. The zero-order valence-corrected chi connectivity index (χ0v) is 10.7. The Morgan fingerprint density at radius 1 is 1.33 bits per heavy atom. The van der Waals surface area contributed by atoms with Gasteiger partial charge in [0.15, 0.2) is 0 Å². The summed E-state index contributed by atoms with van der Waals surface area (Å²) in [6.07, 6.45) is 0.113. The first-order valence-corrected chi connectivity index (χ1v) is 3.46. The fourth-order valence-electron chi connectivity index (χ4n) is 0.928. The topological polar surface area (TPSA) is 77.4 Å². The van der Waals surface area contributed by atoms with Gasteiger partial charge in [-0.15, -0.1) is 0 Å². The van der Waals surface area contributed by atoms with Crippen LogP contribution < -0.4 is 56.5 Å². The number of carboxylic acids is 2. The van der Waals surface area contributed by atoms with Crippen molar-refractivity contribution < 1.29 is 71.2 Å². The van der Waals surface area contributed by atoms with E-state index in [0.717, 1.165) is 0 Å². The SMILES string of the molecule is CCC(CC)(C(=O)[O-])C(=O)O.[K+]. The third-order valence-electron chi connectivity index (χ3n) is 2.01. The second-order valence-corrected chi connectivity index (χ2v) is 2.38. The van der Waals surface area contributed by atoms with Gasteiger partial charge in [0.25, 0.3) is 0 Å². The standard InChI is InChI=1S/C7H12O4.K/c1-3-7(4-2,5(8)9)6(10)11;/h3-4H2,1-2H3,(H,8,9)(H,10,11);/q;+1/p-1. The van der Waals surface area contributed by atoms with E-state index in [1.807, 2.05) is 0 Å². The summed E-state index contributed by atoms with van der Waals surface area (Å²) in [4.78, 5) is 20.9. The molecule has 0 unspecified atom stereocenters. The van der Waals surface area contributed by atoms with Crippen LogP contribution >= 0.6 is 0 Å². The molecule has 0 amide bonds. The smallest absolute Gasteiger partial charge is 0.549 e. The number of aliphatic carboxylic acids is 2. The van der Waals surface area contributed by atoms with E-state index in [4.69, 9.17) is 5.11 Å². The van der Waals surface area contributed by atoms with Crippen LogP contribution in [-0.4, -0.2) is 17.0 Å². The molecule has 0 aromatic carbocycles. The van der Waals surface area contributed by atoms with E-state index in [2.05, 4.69) is 0 Å². The number of hydrogen-bond donors (Lipinski definition) is 1. The summed E-state index contributed by atoms with van der Waals surface area (Å²) < 4.78 is 0. The summed E-state index contributed by atoms with van der Waals surface area (Å²) in [5.74, 6) is -2.82. The molecular weight excluding hydrogens is 187 g/mol. The molecule has 0 aliphatic rings. The van der Waals surface area contributed by atoms with Gasteiger partial charge in [0.1, 0.15) is 5.41 Å². The van der Waals surface area contributed by atoms with Gasteiger partial charge in [0.05, 0.1) is 5.97 Å². The Hall–Kier alpha value is 0.576. The van der Waals surface area contributed by atoms with Crippen LogP contribution in [0.5, 0.6) is 0 Å². The minimum Gasteiger partial charge on any atom is -0.549 e. The van der Waals surface area contributed by atoms with E-state index >= 15 is 0 Å². The molecule has 0 bridgehead atoms. The van der Waals surface area contributed by atoms with E-state index < -0.39 is 17.4 Å². The molecule has 0 heterocycles. The monoisotopic (exact) mass is 198 g/mol. The van der Waals surface area contributed by atoms with Gasteiger partial charge in [-0.25, -0.2) is 0 Å². The third-order valence-corrected chi connectivity index (χ3v) is 2.01. The first-order valence-electron chi connectivity index (χ1n) is 3.46. The summed E-state index contributed by atoms with van der Waals surface area (Å²) in [6, 6.07) is 0. The quantitative estimate of drug-likeness (QED) is 0.378. The van der Waals surface area contributed by atoms with Gasteiger partial charge >= 0.3 is 57.4 Å². The fraction of sp³-hybridized carbons (Fsp3) is 0.714. The van der Waals surface area contributed by atoms with Crippen molar-refractivity contribution >= 4 is 11.9 Å². The van der Waals surface area contributed by atoms with E-state index in [9.17, 15) is 14.7 Å². The Morgan fingerprint density at radius 3 is 1.67 bits per heavy atom. The molecule has 4 nitrogen and oxygen atoms in total. The number of rotatable bonds is 4. The second kappa shape index (κ2) is 6.09. The normalized spacial score (nSPS) is 10.2. The van der Waals surface area contributed by atoms with Crippen LogP contribution in [0.15, 0.2) is 0 Å². The maximum atomic E-state index is 10.5. The number of hydrogen-bond acceptors (Lipinski definition) is 3. The molecule has 64 valence electrons. The summed E-state index contributed by atoms with van der Waals surface area (Å²) >= 11 is 0. The molecule has 0 aliphatic carbocycles. The first kappa shape index (κ1) is 15.1. The van der Waals surface area contributed by atoms with Crippen molar-refractivity contribution in [3.63, 3.8) is 0 Å². The van der Waals surface area contributed by atoms with Crippen molar-refractivity contribution in [2.45, 2.75) is 26.7 Å². The van der Waals surface area contributed by atoms with Crippen molar-refractivity contribution in [1.29, 1.82) is 0 Å². The average Bonchev–Trinajstić information content (AvgIpc) is 1.90. The number of carbonyl (C=O) groups is 2. The maximum absolute atomic E-state index is 10.5. The molecule has 0 aromatic heterocycles. The molecule has 1 N–H and O–H groups in total. The van der Waals surface area contributed by atoms with E-state index in [1.165, 1.54) is 13.8 Å². The van der Waals surface area contributed by atoms with Crippen molar-refractivity contribution in [3.05, 3.63) is 0 Å². The zero-order chi connectivity index (χ0) is 9.07. The van der Waals surface area contributed by atoms with Crippen molar-refractivity contribution in [3.8, 4) is 0 Å². The van der Waals surface area contributed by atoms with Gasteiger partial charge in [-0.05, 0) is 12.8 Å². The number of carbonyl (C=O) groups excluding carboxylic acids is 1. The molecule has 0 saturated carbocycles. The Labute approximate surface area is 114 Å². The molecular formula is C7H11KO4. The van der Waals surface area contributed by atoms with Gasteiger partial charge in [-0.1, -0.05) is 13.8 Å². The molecule has 0 aliphatic heterocycles. The average molecular weight is 198 g/mol. The summed E-state index contributed by atoms with van der Waals surface area (Å²) in [5, 5.41) is 19.0. The van der Waals surface area contributed by atoms with Crippen LogP contribution in [0.25, 0.3) is 0 Å². The molecule has 0 atom stereocenters. The van der Waals surface area contributed by atoms with Crippen LogP contribution in [0, 0.1) is 5.41 Å². The largest absolute Gasteiger partial charge is 1.00 e. The molecule has 0 radical (unpaired) electrons. The van der Waals surface area contributed by atoms with Crippen LogP contribution in [0.1, 0.15) is 26.7 Å². The summed E-state index contributed by atoms with van der Waals surface area (Å²) in [5.41, 5.74) is -1.69. The predicted octanol–water partition coefficient (Wildman–Crippen LogP) is -3.37.